The third kappa shape index (κ3) is 2.75. The van der Waals surface area contributed by atoms with Crippen molar-refractivity contribution in [2.75, 3.05) is 19.0 Å². The van der Waals surface area contributed by atoms with Crippen molar-refractivity contribution in [3.05, 3.63) is 42.6 Å². The maximum atomic E-state index is 11.6. The lowest BCUT2D eigenvalue weighted by Gasteiger charge is -2.03. The molecule has 6 nitrogen and oxygen atoms in total. The van der Waals surface area contributed by atoms with Gasteiger partial charge in [-0.15, -0.1) is 0 Å². The van der Waals surface area contributed by atoms with Gasteiger partial charge in [0.15, 0.2) is 5.65 Å². The number of nitrogens with one attached hydrogen (secondary N) is 2. The molecule has 3 aromatic rings. The van der Waals surface area contributed by atoms with E-state index in [0.717, 1.165) is 16.5 Å². The van der Waals surface area contributed by atoms with Gasteiger partial charge in [0.1, 0.15) is 12.4 Å². The second-order valence-electron chi connectivity index (χ2n) is 4.54. The minimum Gasteiger partial charge on any atom is -0.375 e. The van der Waals surface area contributed by atoms with Crippen LogP contribution in [-0.2, 0) is 9.53 Å². The molecule has 0 saturated heterocycles. The molecule has 6 heteroatoms. The number of H-pyrrole nitrogens is 1. The van der Waals surface area contributed by atoms with Crippen LogP contribution in [0, 0.1) is 0 Å². The Balaban J connectivity index is 1.98. The quantitative estimate of drug-likeness (QED) is 0.769. The van der Waals surface area contributed by atoms with Crippen molar-refractivity contribution in [1.82, 2.24) is 15.2 Å². The summed E-state index contributed by atoms with van der Waals surface area (Å²) in [5.74, 6) is 0.283. The number of benzene rings is 1. The molecule has 0 aliphatic heterocycles. The van der Waals surface area contributed by atoms with Crippen LogP contribution < -0.4 is 5.32 Å². The molecular formula is C15H14N4O2. The molecule has 2 heterocycles. The highest BCUT2D eigenvalue weighted by Crippen LogP contribution is 2.25. The number of rotatable bonds is 4. The summed E-state index contributed by atoms with van der Waals surface area (Å²) in [6.07, 6.45) is 1.76. The zero-order valence-electron chi connectivity index (χ0n) is 11.5. The molecule has 0 bridgehead atoms. The van der Waals surface area contributed by atoms with Crippen molar-refractivity contribution in [2.45, 2.75) is 0 Å². The fourth-order valence-corrected chi connectivity index (χ4v) is 2.09. The van der Waals surface area contributed by atoms with E-state index in [9.17, 15) is 4.79 Å². The van der Waals surface area contributed by atoms with E-state index in [0.29, 0.717) is 11.5 Å². The fourth-order valence-electron chi connectivity index (χ4n) is 2.09. The highest BCUT2D eigenvalue weighted by atomic mass is 16.5. The average molecular weight is 282 g/mol. The number of hydrogen-bond acceptors (Lipinski definition) is 4. The summed E-state index contributed by atoms with van der Waals surface area (Å²) in [5, 5.41) is 10.3. The highest BCUT2D eigenvalue weighted by molar-refractivity contribution is 6.00. The van der Waals surface area contributed by atoms with Crippen LogP contribution in [0.4, 0.5) is 5.82 Å². The highest BCUT2D eigenvalue weighted by Gasteiger charge is 2.11. The fraction of sp³-hybridized carbons (Fsp3) is 0.133. The predicted octanol–water partition coefficient (Wildman–Crippen LogP) is 2.21. The molecule has 0 aliphatic carbocycles. The van der Waals surface area contributed by atoms with E-state index in [1.165, 1.54) is 7.11 Å². The topological polar surface area (TPSA) is 79.9 Å². The first-order valence-electron chi connectivity index (χ1n) is 6.46. The van der Waals surface area contributed by atoms with Crippen molar-refractivity contribution in [1.29, 1.82) is 0 Å². The largest absolute Gasteiger partial charge is 0.375 e. The molecule has 2 N–H and O–H groups in total. The monoisotopic (exact) mass is 282 g/mol. The first-order valence-corrected chi connectivity index (χ1v) is 6.46. The van der Waals surface area contributed by atoms with Gasteiger partial charge in [0.25, 0.3) is 5.91 Å². The molecule has 0 saturated carbocycles. The minimum absolute atomic E-state index is 0.00762. The Morgan fingerprint density at radius 1 is 1.29 bits per heavy atom. The van der Waals surface area contributed by atoms with Gasteiger partial charge in [-0.25, -0.2) is 4.98 Å². The van der Waals surface area contributed by atoms with Crippen LogP contribution in [0.25, 0.3) is 22.2 Å². The maximum absolute atomic E-state index is 11.6. The summed E-state index contributed by atoms with van der Waals surface area (Å²) < 4.78 is 4.80. The number of ether oxygens (including phenoxy) is 1. The van der Waals surface area contributed by atoms with Crippen LogP contribution in [0.2, 0.25) is 0 Å². The molecule has 2 aromatic heterocycles. The van der Waals surface area contributed by atoms with E-state index in [-0.39, 0.29) is 12.5 Å². The van der Waals surface area contributed by atoms with Crippen LogP contribution in [0.5, 0.6) is 0 Å². The van der Waals surface area contributed by atoms with Gasteiger partial charge < -0.3 is 10.1 Å². The van der Waals surface area contributed by atoms with Crippen molar-refractivity contribution in [3.8, 4) is 11.1 Å². The van der Waals surface area contributed by atoms with Gasteiger partial charge in [-0.05, 0) is 11.6 Å². The average Bonchev–Trinajstić information content (AvgIpc) is 2.91. The van der Waals surface area contributed by atoms with E-state index < -0.39 is 0 Å². The number of carbonyl (C=O) groups is 1. The molecule has 0 fully saturated rings. The molecule has 1 aromatic carbocycles. The van der Waals surface area contributed by atoms with Gasteiger partial charge in [0.05, 0.1) is 5.39 Å². The van der Waals surface area contributed by atoms with Crippen molar-refractivity contribution >= 4 is 22.8 Å². The Labute approximate surface area is 121 Å². The van der Waals surface area contributed by atoms with Gasteiger partial charge in [-0.3, -0.25) is 9.89 Å². The van der Waals surface area contributed by atoms with Gasteiger partial charge in [-0.1, -0.05) is 30.3 Å². The van der Waals surface area contributed by atoms with Crippen LogP contribution >= 0.6 is 0 Å². The van der Waals surface area contributed by atoms with E-state index in [1.54, 1.807) is 6.20 Å². The lowest BCUT2D eigenvalue weighted by molar-refractivity contribution is -0.119. The van der Waals surface area contributed by atoms with Crippen molar-refractivity contribution in [3.63, 3.8) is 0 Å². The summed E-state index contributed by atoms with van der Waals surface area (Å²) in [4.78, 5) is 15.9. The van der Waals surface area contributed by atoms with Crippen LogP contribution in [0.15, 0.2) is 42.6 Å². The smallest absolute Gasteiger partial charge is 0.251 e. The SMILES string of the molecule is COCC(=O)Nc1[nH]nc2ncc(-c3ccccc3)cc12. The number of aromatic nitrogens is 3. The number of methoxy groups -OCH3 is 1. The lowest BCUT2D eigenvalue weighted by atomic mass is 10.1. The third-order valence-electron chi connectivity index (χ3n) is 3.06. The summed E-state index contributed by atoms with van der Waals surface area (Å²) >= 11 is 0. The molecule has 21 heavy (non-hydrogen) atoms. The molecule has 0 spiro atoms. The zero-order valence-corrected chi connectivity index (χ0v) is 11.5. The Kier molecular flexibility index (Phi) is 3.61. The number of amides is 1. The lowest BCUT2D eigenvalue weighted by Crippen LogP contribution is -2.17. The summed E-state index contributed by atoms with van der Waals surface area (Å²) in [5.41, 5.74) is 2.58. The molecule has 0 aliphatic rings. The van der Waals surface area contributed by atoms with Crippen LogP contribution in [0.3, 0.4) is 0 Å². The summed E-state index contributed by atoms with van der Waals surface area (Å²) in [6, 6.07) is 11.9. The summed E-state index contributed by atoms with van der Waals surface area (Å²) in [6.45, 7) is -0.00762. The first-order chi connectivity index (χ1) is 10.3. The Morgan fingerprint density at radius 3 is 2.86 bits per heavy atom. The van der Waals surface area contributed by atoms with Crippen LogP contribution in [0.1, 0.15) is 0 Å². The van der Waals surface area contributed by atoms with E-state index >= 15 is 0 Å². The van der Waals surface area contributed by atoms with E-state index in [1.807, 2.05) is 36.4 Å². The van der Waals surface area contributed by atoms with E-state index in [4.69, 9.17) is 4.74 Å². The minimum atomic E-state index is -0.242. The molecular weight excluding hydrogens is 268 g/mol. The van der Waals surface area contributed by atoms with Gasteiger partial charge in [0.2, 0.25) is 0 Å². The normalized spacial score (nSPS) is 10.7. The van der Waals surface area contributed by atoms with E-state index in [2.05, 4.69) is 20.5 Å². The van der Waals surface area contributed by atoms with Gasteiger partial charge in [0, 0.05) is 18.9 Å². The number of hydrogen-bond donors (Lipinski definition) is 2. The zero-order chi connectivity index (χ0) is 14.7. The van der Waals surface area contributed by atoms with Crippen molar-refractivity contribution < 1.29 is 9.53 Å². The number of aromatic amines is 1. The molecule has 1 amide bonds. The molecule has 3 rings (SSSR count). The number of nitrogens with zero attached hydrogens (tertiary/aromatic N) is 2. The molecule has 106 valence electrons. The second-order valence-corrected chi connectivity index (χ2v) is 4.54. The number of pyridine rings is 1. The van der Waals surface area contributed by atoms with Gasteiger partial charge >= 0.3 is 0 Å². The van der Waals surface area contributed by atoms with Crippen molar-refractivity contribution in [2.24, 2.45) is 0 Å². The van der Waals surface area contributed by atoms with Crippen LogP contribution in [-0.4, -0.2) is 34.8 Å². The number of carbonyl (C=O) groups excluding carboxylic acids is 1. The third-order valence-corrected chi connectivity index (χ3v) is 3.06. The number of fused-ring (bicyclic) bond motifs is 1. The first kappa shape index (κ1) is 13.3. The summed E-state index contributed by atoms with van der Waals surface area (Å²) in [7, 11) is 1.47. The number of anilines is 1. The second kappa shape index (κ2) is 5.72. The standard InChI is InChI=1S/C15H14N4O2/c1-21-9-13(20)17-15-12-7-11(8-16-14(12)18-19-15)10-5-3-2-4-6-10/h2-8H,9H2,1H3,(H2,16,17,18,19,20). The Hall–Kier alpha value is -2.73. The van der Waals surface area contributed by atoms with Gasteiger partial charge in [-0.2, -0.15) is 5.10 Å². The molecule has 0 atom stereocenters. The Morgan fingerprint density at radius 2 is 2.10 bits per heavy atom. The molecule has 0 unspecified atom stereocenters. The predicted molar refractivity (Wildman–Crippen MR) is 79.8 cm³/mol. The molecule has 0 radical (unpaired) electrons. The maximum Gasteiger partial charge on any atom is 0.251 e. The Bertz CT molecular complexity index is 768.